The summed E-state index contributed by atoms with van der Waals surface area (Å²) in [5.41, 5.74) is 0.855. The molecule has 0 spiro atoms. The third-order valence-corrected chi connectivity index (χ3v) is 4.82. The summed E-state index contributed by atoms with van der Waals surface area (Å²) in [6.07, 6.45) is 7.55. The van der Waals surface area contributed by atoms with Crippen LogP contribution in [0.5, 0.6) is 0 Å². The van der Waals surface area contributed by atoms with Gasteiger partial charge < -0.3 is 4.90 Å². The Bertz CT molecular complexity index is 787. The Hall–Kier alpha value is -2.29. The van der Waals surface area contributed by atoms with Gasteiger partial charge in [-0.25, -0.2) is 13.4 Å². The first kappa shape index (κ1) is 14.6. The van der Waals surface area contributed by atoms with E-state index >= 15 is 0 Å². The topological polar surface area (TPSA) is 109 Å². The fourth-order valence-corrected chi connectivity index (χ4v) is 3.48. The first-order valence-electron chi connectivity index (χ1n) is 6.75. The van der Waals surface area contributed by atoms with E-state index in [1.54, 1.807) is 4.90 Å². The van der Waals surface area contributed by atoms with E-state index in [1.807, 2.05) is 0 Å². The van der Waals surface area contributed by atoms with Crippen LogP contribution >= 0.6 is 0 Å². The number of hydrogen-bond acceptors (Lipinski definition) is 6. The van der Waals surface area contributed by atoms with Gasteiger partial charge in [0.25, 0.3) is 5.91 Å². The molecule has 9 heteroatoms. The summed E-state index contributed by atoms with van der Waals surface area (Å²) < 4.78 is 23.5. The van der Waals surface area contributed by atoms with Crippen LogP contribution in [0.4, 0.5) is 0 Å². The van der Waals surface area contributed by atoms with Crippen molar-refractivity contribution in [1.29, 1.82) is 0 Å². The lowest BCUT2D eigenvalue weighted by atomic mass is 10.1. The van der Waals surface area contributed by atoms with E-state index in [0.717, 1.165) is 6.26 Å². The lowest BCUT2D eigenvalue weighted by Gasteiger charge is -2.15. The summed E-state index contributed by atoms with van der Waals surface area (Å²) in [7, 11) is -3.34. The number of carbonyl (C=O) groups is 1. The zero-order valence-corrected chi connectivity index (χ0v) is 12.7. The molecule has 0 unspecified atom stereocenters. The number of hydrogen-bond donors (Lipinski definition) is 1. The van der Waals surface area contributed by atoms with E-state index in [-0.39, 0.29) is 22.4 Å². The van der Waals surface area contributed by atoms with Gasteiger partial charge in [-0.1, -0.05) is 0 Å². The normalized spacial score (nSPS) is 18.6. The Morgan fingerprint density at radius 3 is 2.86 bits per heavy atom. The molecule has 1 aliphatic heterocycles. The molecular formula is C13H15N5O3S. The minimum absolute atomic E-state index is 0.0761. The maximum absolute atomic E-state index is 12.3. The number of aromatic nitrogens is 4. The van der Waals surface area contributed by atoms with Crippen molar-refractivity contribution >= 4 is 15.7 Å². The SMILES string of the molecule is CS(=O)(=O)c1cn[nH]c1[C@@H]1CCN(C(=O)c2cnccn2)C1. The Balaban J connectivity index is 1.79. The molecule has 2 aromatic rings. The molecule has 3 heterocycles. The summed E-state index contributed by atoms with van der Waals surface area (Å²) in [5, 5.41) is 6.59. The quantitative estimate of drug-likeness (QED) is 0.867. The van der Waals surface area contributed by atoms with Crippen molar-refractivity contribution in [3.05, 3.63) is 36.2 Å². The number of likely N-dealkylation sites (tertiary alicyclic amines) is 1. The Kier molecular flexibility index (Phi) is 3.65. The average Bonchev–Trinajstić information content (AvgIpc) is 3.15. The molecule has 0 bridgehead atoms. The molecule has 1 N–H and O–H groups in total. The molecule has 2 aromatic heterocycles. The number of nitrogens with zero attached hydrogens (tertiary/aromatic N) is 4. The Labute approximate surface area is 127 Å². The third kappa shape index (κ3) is 2.71. The zero-order chi connectivity index (χ0) is 15.7. The summed E-state index contributed by atoms with van der Waals surface area (Å²) in [5.74, 6) is -0.274. The van der Waals surface area contributed by atoms with Gasteiger partial charge in [-0.2, -0.15) is 5.10 Å². The van der Waals surface area contributed by atoms with Gasteiger partial charge in [0.1, 0.15) is 10.6 Å². The second-order valence-electron chi connectivity index (χ2n) is 5.25. The highest BCUT2D eigenvalue weighted by molar-refractivity contribution is 7.90. The minimum atomic E-state index is -3.34. The number of nitrogens with one attached hydrogen (secondary N) is 1. The molecule has 1 atom stereocenters. The molecule has 1 aliphatic rings. The summed E-state index contributed by atoms with van der Waals surface area (Å²) >= 11 is 0. The highest BCUT2D eigenvalue weighted by atomic mass is 32.2. The van der Waals surface area contributed by atoms with Crippen molar-refractivity contribution in [3.63, 3.8) is 0 Å². The molecule has 3 rings (SSSR count). The Morgan fingerprint density at radius 2 is 2.18 bits per heavy atom. The molecule has 0 aromatic carbocycles. The van der Waals surface area contributed by atoms with E-state index in [9.17, 15) is 13.2 Å². The van der Waals surface area contributed by atoms with Crippen molar-refractivity contribution < 1.29 is 13.2 Å². The fraction of sp³-hybridized carbons (Fsp3) is 0.385. The maximum Gasteiger partial charge on any atom is 0.274 e. The second kappa shape index (κ2) is 5.48. The lowest BCUT2D eigenvalue weighted by molar-refractivity contribution is 0.0784. The molecule has 0 aliphatic carbocycles. The highest BCUT2D eigenvalue weighted by Gasteiger charge is 2.32. The lowest BCUT2D eigenvalue weighted by Crippen LogP contribution is -2.29. The highest BCUT2D eigenvalue weighted by Crippen LogP contribution is 2.30. The van der Waals surface area contributed by atoms with Crippen LogP contribution in [0, 0.1) is 0 Å². The van der Waals surface area contributed by atoms with Crippen molar-refractivity contribution in [2.45, 2.75) is 17.2 Å². The smallest absolute Gasteiger partial charge is 0.274 e. The molecule has 1 saturated heterocycles. The second-order valence-corrected chi connectivity index (χ2v) is 7.23. The van der Waals surface area contributed by atoms with Crippen LogP contribution in [0.2, 0.25) is 0 Å². The van der Waals surface area contributed by atoms with Crippen molar-refractivity contribution in [2.75, 3.05) is 19.3 Å². The van der Waals surface area contributed by atoms with E-state index < -0.39 is 9.84 Å². The molecule has 0 saturated carbocycles. The van der Waals surface area contributed by atoms with E-state index in [2.05, 4.69) is 20.2 Å². The maximum atomic E-state index is 12.3. The summed E-state index contributed by atoms with van der Waals surface area (Å²) in [6.45, 7) is 0.975. The summed E-state index contributed by atoms with van der Waals surface area (Å²) in [6, 6.07) is 0. The van der Waals surface area contributed by atoms with E-state index in [0.29, 0.717) is 25.2 Å². The number of aromatic amines is 1. The average molecular weight is 321 g/mol. The van der Waals surface area contributed by atoms with Gasteiger partial charge in [-0.05, 0) is 6.42 Å². The molecule has 1 amide bonds. The van der Waals surface area contributed by atoms with Gasteiger partial charge in [0.15, 0.2) is 9.84 Å². The van der Waals surface area contributed by atoms with Crippen LogP contribution < -0.4 is 0 Å². The van der Waals surface area contributed by atoms with Crippen molar-refractivity contribution in [3.8, 4) is 0 Å². The van der Waals surface area contributed by atoms with Gasteiger partial charge in [0.2, 0.25) is 0 Å². The molecule has 116 valence electrons. The molecule has 8 nitrogen and oxygen atoms in total. The van der Waals surface area contributed by atoms with E-state index in [1.165, 1.54) is 24.8 Å². The number of amides is 1. The zero-order valence-electron chi connectivity index (χ0n) is 11.9. The molecule has 0 radical (unpaired) electrons. The molecular weight excluding hydrogens is 306 g/mol. The van der Waals surface area contributed by atoms with Crippen molar-refractivity contribution in [2.24, 2.45) is 0 Å². The number of carbonyl (C=O) groups excluding carboxylic acids is 1. The first-order chi connectivity index (χ1) is 10.5. The van der Waals surface area contributed by atoms with Crippen LogP contribution in [-0.4, -0.2) is 58.7 Å². The summed E-state index contributed by atoms with van der Waals surface area (Å²) in [4.78, 5) is 22.1. The third-order valence-electron chi connectivity index (χ3n) is 3.70. The van der Waals surface area contributed by atoms with Crippen LogP contribution in [0.25, 0.3) is 0 Å². The van der Waals surface area contributed by atoms with Gasteiger partial charge in [0.05, 0.1) is 18.1 Å². The van der Waals surface area contributed by atoms with Gasteiger partial charge in [-0.3, -0.25) is 14.9 Å². The van der Waals surface area contributed by atoms with Crippen LogP contribution in [0.3, 0.4) is 0 Å². The molecule has 22 heavy (non-hydrogen) atoms. The largest absolute Gasteiger partial charge is 0.337 e. The van der Waals surface area contributed by atoms with Crippen molar-refractivity contribution in [1.82, 2.24) is 25.1 Å². The number of sulfone groups is 1. The van der Waals surface area contributed by atoms with Crippen LogP contribution in [0.15, 0.2) is 29.7 Å². The van der Waals surface area contributed by atoms with Gasteiger partial charge >= 0.3 is 0 Å². The standard InChI is InChI=1S/C13H15N5O3S/c1-22(20,21)11-7-16-17-12(11)9-2-5-18(8-9)13(19)10-6-14-3-4-15-10/h3-4,6-7,9H,2,5,8H2,1H3,(H,16,17)/t9-/m1/s1. The number of H-pyrrole nitrogens is 1. The minimum Gasteiger partial charge on any atom is -0.337 e. The molecule has 1 fully saturated rings. The monoisotopic (exact) mass is 321 g/mol. The first-order valence-corrected chi connectivity index (χ1v) is 8.64. The van der Waals surface area contributed by atoms with Crippen LogP contribution in [0.1, 0.15) is 28.5 Å². The van der Waals surface area contributed by atoms with E-state index in [4.69, 9.17) is 0 Å². The van der Waals surface area contributed by atoms with Crippen LogP contribution in [-0.2, 0) is 9.84 Å². The van der Waals surface area contributed by atoms with Gasteiger partial charge in [-0.15, -0.1) is 0 Å². The Morgan fingerprint density at radius 1 is 1.36 bits per heavy atom. The number of rotatable bonds is 3. The predicted molar refractivity (Wildman–Crippen MR) is 77.0 cm³/mol. The van der Waals surface area contributed by atoms with Gasteiger partial charge in [0, 0.05) is 37.7 Å². The predicted octanol–water partition coefficient (Wildman–Crippen LogP) is 0.233. The fourth-order valence-electron chi connectivity index (χ4n) is 2.62.